The smallest absolute Gasteiger partial charge is 0.419 e. The van der Waals surface area contributed by atoms with Crippen molar-refractivity contribution in [3.8, 4) is 5.75 Å². The maximum Gasteiger partial charge on any atom is 0.419 e. The van der Waals surface area contributed by atoms with E-state index in [2.05, 4.69) is 0 Å². The molecule has 0 bridgehead atoms. The number of oxazole rings is 1. The van der Waals surface area contributed by atoms with E-state index < -0.39 is 18.3 Å². The minimum atomic E-state index is -0.597. The number of ketones is 1. The van der Waals surface area contributed by atoms with E-state index in [-0.39, 0.29) is 18.7 Å². The summed E-state index contributed by atoms with van der Waals surface area (Å²) in [5.41, 5.74) is 1.35. The van der Waals surface area contributed by atoms with Gasteiger partial charge in [0.05, 0.1) is 24.1 Å². The van der Waals surface area contributed by atoms with Gasteiger partial charge in [0.2, 0.25) is 0 Å². The lowest BCUT2D eigenvalue weighted by atomic mass is 10.1. The minimum Gasteiger partial charge on any atom is -0.495 e. The number of nitrogens with zero attached hydrogens (tertiary/aromatic N) is 1. The molecule has 3 aromatic rings. The predicted octanol–water partition coefficient (Wildman–Crippen LogP) is 3.07. The van der Waals surface area contributed by atoms with Gasteiger partial charge >= 0.3 is 11.7 Å². The second kappa shape index (κ2) is 8.09. The Morgan fingerprint density at radius 2 is 1.96 bits per heavy atom. The van der Waals surface area contributed by atoms with E-state index in [1.54, 1.807) is 30.3 Å². The highest BCUT2D eigenvalue weighted by Gasteiger charge is 2.14. The number of benzene rings is 2. The second-order valence-corrected chi connectivity index (χ2v) is 6.08. The monoisotopic (exact) mass is 389 g/mol. The van der Waals surface area contributed by atoms with Crippen molar-refractivity contribution in [2.45, 2.75) is 13.0 Å². The zero-order chi connectivity index (χ0) is 19.4. The number of carbonyl (C=O) groups is 2. The van der Waals surface area contributed by atoms with E-state index in [0.717, 1.165) is 0 Å². The Labute approximate surface area is 159 Å². The molecule has 2 aromatic carbocycles. The third-order valence-corrected chi connectivity index (χ3v) is 4.25. The molecule has 0 N–H and O–H groups in total. The van der Waals surface area contributed by atoms with Gasteiger partial charge in [-0.2, -0.15) is 0 Å². The fourth-order valence-electron chi connectivity index (χ4n) is 2.57. The third kappa shape index (κ3) is 4.20. The average molecular weight is 390 g/mol. The molecule has 0 fully saturated rings. The number of carbonyl (C=O) groups excluding carboxylic acids is 2. The number of hydrogen-bond acceptors (Lipinski definition) is 6. The number of esters is 1. The van der Waals surface area contributed by atoms with Crippen LogP contribution in [-0.2, 0) is 16.1 Å². The quantitative estimate of drug-likeness (QED) is 0.456. The summed E-state index contributed by atoms with van der Waals surface area (Å²) in [5, 5.41) is 0.292. The van der Waals surface area contributed by atoms with Crippen molar-refractivity contribution < 1.29 is 23.5 Å². The first kappa shape index (κ1) is 18.7. The van der Waals surface area contributed by atoms with E-state index in [9.17, 15) is 14.4 Å². The van der Waals surface area contributed by atoms with Gasteiger partial charge in [0.25, 0.3) is 0 Å². The number of hydrogen-bond donors (Lipinski definition) is 0. The fourth-order valence-corrected chi connectivity index (χ4v) is 2.83. The summed E-state index contributed by atoms with van der Waals surface area (Å²) < 4.78 is 16.5. The molecule has 1 heterocycles. The summed E-state index contributed by atoms with van der Waals surface area (Å²) in [6.07, 6.45) is -0.0694. The molecule has 8 heteroatoms. The van der Waals surface area contributed by atoms with Crippen LogP contribution >= 0.6 is 11.6 Å². The Morgan fingerprint density at radius 1 is 1.19 bits per heavy atom. The van der Waals surface area contributed by atoms with Crippen molar-refractivity contribution in [2.75, 3.05) is 13.7 Å². The van der Waals surface area contributed by atoms with Crippen LogP contribution in [0.2, 0.25) is 5.02 Å². The van der Waals surface area contributed by atoms with Gasteiger partial charge in [-0.3, -0.25) is 14.2 Å². The van der Waals surface area contributed by atoms with Crippen LogP contribution in [0.15, 0.2) is 51.7 Å². The number of halogens is 1. The number of aryl methyl sites for hydroxylation is 1. The van der Waals surface area contributed by atoms with Crippen molar-refractivity contribution in [3.05, 3.63) is 63.6 Å². The van der Waals surface area contributed by atoms with Crippen LogP contribution in [0.3, 0.4) is 0 Å². The second-order valence-electron chi connectivity index (χ2n) is 5.67. The molecule has 0 unspecified atom stereocenters. The molecule has 0 radical (unpaired) electrons. The van der Waals surface area contributed by atoms with Gasteiger partial charge in [-0.25, -0.2) is 4.79 Å². The van der Waals surface area contributed by atoms with E-state index in [1.165, 1.54) is 23.8 Å². The molecule has 0 aliphatic carbocycles. The van der Waals surface area contributed by atoms with Gasteiger partial charge < -0.3 is 13.9 Å². The largest absolute Gasteiger partial charge is 0.495 e. The Kier molecular flexibility index (Phi) is 5.61. The first-order valence-electron chi connectivity index (χ1n) is 8.10. The molecule has 0 aliphatic heterocycles. The van der Waals surface area contributed by atoms with Gasteiger partial charge in [-0.05, 0) is 30.3 Å². The lowest BCUT2D eigenvalue weighted by Gasteiger charge is -2.07. The normalized spacial score (nSPS) is 10.7. The molecule has 3 rings (SSSR count). The first-order valence-corrected chi connectivity index (χ1v) is 8.48. The Morgan fingerprint density at radius 3 is 2.70 bits per heavy atom. The molecule has 0 saturated heterocycles. The van der Waals surface area contributed by atoms with Crippen LogP contribution in [0, 0.1) is 0 Å². The lowest BCUT2D eigenvalue weighted by Crippen LogP contribution is -2.19. The SMILES string of the molecule is COc1ccc(C(=O)COC(=O)CCn2c(=O)oc3ccccc32)cc1Cl. The van der Waals surface area contributed by atoms with Crippen molar-refractivity contribution >= 4 is 34.5 Å². The summed E-state index contributed by atoms with van der Waals surface area (Å²) in [6.45, 7) is -0.320. The van der Waals surface area contributed by atoms with Crippen LogP contribution in [-0.4, -0.2) is 30.0 Å². The Bertz CT molecular complexity index is 1050. The molecular weight excluding hydrogens is 374 g/mol. The average Bonchev–Trinajstić information content (AvgIpc) is 2.99. The van der Waals surface area contributed by atoms with Crippen molar-refractivity contribution in [2.24, 2.45) is 0 Å². The lowest BCUT2D eigenvalue weighted by molar-refractivity contribution is -0.142. The van der Waals surface area contributed by atoms with Crippen LogP contribution in [0.1, 0.15) is 16.8 Å². The Balaban J connectivity index is 1.56. The number of methoxy groups -OCH3 is 1. The van der Waals surface area contributed by atoms with Crippen molar-refractivity contribution in [1.82, 2.24) is 4.57 Å². The highest BCUT2D eigenvalue weighted by molar-refractivity contribution is 6.32. The number of para-hydroxylation sites is 2. The summed E-state index contributed by atoms with van der Waals surface area (Å²) in [4.78, 5) is 35.9. The van der Waals surface area contributed by atoms with E-state index in [1.807, 2.05) is 0 Å². The summed E-state index contributed by atoms with van der Waals surface area (Å²) in [7, 11) is 1.47. The third-order valence-electron chi connectivity index (χ3n) is 3.95. The topological polar surface area (TPSA) is 87.7 Å². The standard InChI is InChI=1S/C19H16ClNO6/c1-25-16-7-6-12(10-13(16)20)15(22)11-26-18(23)8-9-21-14-4-2-3-5-17(14)27-19(21)24/h2-7,10H,8-9,11H2,1H3. The number of Topliss-reactive ketones (excluding diaryl/α,β-unsaturated/α-hetero) is 1. The molecule has 0 saturated carbocycles. The first-order chi connectivity index (χ1) is 13.0. The fraction of sp³-hybridized carbons (Fsp3) is 0.211. The van der Waals surface area contributed by atoms with Crippen molar-refractivity contribution in [1.29, 1.82) is 0 Å². The van der Waals surface area contributed by atoms with E-state index >= 15 is 0 Å². The molecule has 140 valence electrons. The number of ether oxygens (including phenoxy) is 2. The maximum atomic E-state index is 12.1. The van der Waals surface area contributed by atoms with Crippen molar-refractivity contribution in [3.63, 3.8) is 0 Å². The number of fused-ring (bicyclic) bond motifs is 1. The van der Waals surface area contributed by atoms with Crippen LogP contribution in [0.25, 0.3) is 11.1 Å². The number of rotatable bonds is 7. The van der Waals surface area contributed by atoms with E-state index in [4.69, 9.17) is 25.5 Å². The van der Waals surface area contributed by atoms with Crippen LogP contribution in [0.4, 0.5) is 0 Å². The zero-order valence-corrected chi connectivity index (χ0v) is 15.2. The molecular formula is C19H16ClNO6. The summed E-state index contributed by atoms with van der Waals surface area (Å²) in [5.74, 6) is -1.09. The van der Waals surface area contributed by atoms with Crippen LogP contribution < -0.4 is 10.5 Å². The minimum absolute atomic E-state index is 0.0694. The molecule has 27 heavy (non-hydrogen) atoms. The highest BCUT2D eigenvalue weighted by Crippen LogP contribution is 2.25. The van der Waals surface area contributed by atoms with Crippen LogP contribution in [0.5, 0.6) is 5.75 Å². The number of aromatic nitrogens is 1. The molecule has 0 aliphatic rings. The molecule has 0 spiro atoms. The van der Waals surface area contributed by atoms with Gasteiger partial charge in [0.1, 0.15) is 5.75 Å². The molecule has 1 aromatic heterocycles. The van der Waals surface area contributed by atoms with Gasteiger partial charge in [-0.1, -0.05) is 23.7 Å². The van der Waals surface area contributed by atoms with Gasteiger partial charge in [-0.15, -0.1) is 0 Å². The molecule has 0 amide bonds. The predicted molar refractivity (Wildman–Crippen MR) is 98.4 cm³/mol. The maximum absolute atomic E-state index is 12.1. The summed E-state index contributed by atoms with van der Waals surface area (Å²) in [6, 6.07) is 11.5. The van der Waals surface area contributed by atoms with Gasteiger partial charge in [0, 0.05) is 12.1 Å². The highest BCUT2D eigenvalue weighted by atomic mass is 35.5. The molecule has 0 atom stereocenters. The zero-order valence-electron chi connectivity index (χ0n) is 14.4. The summed E-state index contributed by atoms with van der Waals surface area (Å²) >= 11 is 5.98. The van der Waals surface area contributed by atoms with Gasteiger partial charge in [0.15, 0.2) is 18.0 Å². The Hall–Kier alpha value is -3.06. The van der Waals surface area contributed by atoms with E-state index in [0.29, 0.717) is 27.4 Å². The molecule has 7 nitrogen and oxygen atoms in total.